The van der Waals surface area contributed by atoms with Gasteiger partial charge in [-0.05, 0) is 12.8 Å². The lowest BCUT2D eigenvalue weighted by molar-refractivity contribution is 0.667. The normalized spacial score (nSPS) is 27.7. The minimum atomic E-state index is 0.442. The topological polar surface area (TPSA) is 38.0 Å². The summed E-state index contributed by atoms with van der Waals surface area (Å²) in [5.41, 5.74) is 8.93. The van der Waals surface area contributed by atoms with Crippen LogP contribution < -0.4 is 11.1 Å². The second-order valence-corrected chi connectivity index (χ2v) is 2.98. The minimum absolute atomic E-state index is 0.442. The van der Waals surface area contributed by atoms with Gasteiger partial charge in [0.05, 0.1) is 0 Å². The van der Waals surface area contributed by atoms with Crippen LogP contribution in [-0.2, 0) is 0 Å². The Balaban J connectivity index is 2.15. The highest BCUT2D eigenvalue weighted by Gasteiger charge is 2.23. The van der Waals surface area contributed by atoms with Crippen molar-refractivity contribution in [2.45, 2.75) is 18.9 Å². The van der Waals surface area contributed by atoms with Crippen LogP contribution >= 0.6 is 0 Å². The molecular formula is C7H12N2. The molecule has 0 aromatic heterocycles. The van der Waals surface area contributed by atoms with E-state index in [4.69, 9.17) is 5.73 Å². The zero-order chi connectivity index (χ0) is 6.27. The van der Waals surface area contributed by atoms with Gasteiger partial charge in [0.2, 0.25) is 0 Å². The van der Waals surface area contributed by atoms with Gasteiger partial charge in [-0.3, -0.25) is 0 Å². The Morgan fingerprint density at radius 2 is 1.78 bits per heavy atom. The summed E-state index contributed by atoms with van der Waals surface area (Å²) >= 11 is 0. The summed E-state index contributed by atoms with van der Waals surface area (Å²) < 4.78 is 0. The zero-order valence-corrected chi connectivity index (χ0v) is 5.48. The molecule has 1 aliphatic carbocycles. The monoisotopic (exact) mass is 124 g/mol. The molecule has 0 amide bonds. The number of rotatable bonds is 0. The average molecular weight is 124 g/mol. The molecule has 3 N–H and O–H groups in total. The standard InChI is InChI=1S/C7H12N2/c8-7-1-5-3-9-4-6(5)2-7/h7,9H,1-4,8H2. The maximum Gasteiger partial charge on any atom is 0.0171 e. The van der Waals surface area contributed by atoms with Crippen LogP contribution in [0.1, 0.15) is 12.8 Å². The van der Waals surface area contributed by atoms with Crippen LogP contribution in [0.3, 0.4) is 0 Å². The summed E-state index contributed by atoms with van der Waals surface area (Å²) in [5.74, 6) is 0. The summed E-state index contributed by atoms with van der Waals surface area (Å²) in [6.45, 7) is 2.20. The van der Waals surface area contributed by atoms with Crippen LogP contribution in [-0.4, -0.2) is 19.1 Å². The van der Waals surface area contributed by atoms with Crippen LogP contribution in [0.4, 0.5) is 0 Å². The molecule has 0 fully saturated rings. The fraction of sp³-hybridized carbons (Fsp3) is 0.714. The molecule has 50 valence electrons. The van der Waals surface area contributed by atoms with Gasteiger partial charge in [-0.1, -0.05) is 11.1 Å². The van der Waals surface area contributed by atoms with E-state index in [2.05, 4.69) is 5.32 Å². The molecule has 2 rings (SSSR count). The third-order valence-corrected chi connectivity index (χ3v) is 2.19. The van der Waals surface area contributed by atoms with E-state index in [0.717, 1.165) is 25.9 Å². The van der Waals surface area contributed by atoms with Crippen molar-refractivity contribution in [3.8, 4) is 0 Å². The fourth-order valence-electron chi connectivity index (χ4n) is 1.75. The highest BCUT2D eigenvalue weighted by atomic mass is 14.9. The van der Waals surface area contributed by atoms with Crippen molar-refractivity contribution in [2.24, 2.45) is 5.73 Å². The predicted octanol–water partition coefficient (Wildman–Crippen LogP) is 0.00730. The first-order chi connectivity index (χ1) is 4.36. The average Bonchev–Trinajstić information content (AvgIpc) is 2.22. The van der Waals surface area contributed by atoms with Crippen molar-refractivity contribution in [3.05, 3.63) is 11.1 Å². The van der Waals surface area contributed by atoms with Crippen LogP contribution in [0.5, 0.6) is 0 Å². The minimum Gasteiger partial charge on any atom is -0.327 e. The molecule has 0 aromatic carbocycles. The van der Waals surface area contributed by atoms with Gasteiger partial charge >= 0.3 is 0 Å². The molecule has 0 spiro atoms. The number of nitrogens with two attached hydrogens (primary N) is 1. The van der Waals surface area contributed by atoms with E-state index in [1.54, 1.807) is 11.1 Å². The van der Waals surface area contributed by atoms with Gasteiger partial charge in [0.1, 0.15) is 0 Å². The van der Waals surface area contributed by atoms with Gasteiger partial charge in [-0.25, -0.2) is 0 Å². The van der Waals surface area contributed by atoms with Crippen molar-refractivity contribution < 1.29 is 0 Å². The molecule has 0 aromatic rings. The van der Waals surface area contributed by atoms with Gasteiger partial charge in [0, 0.05) is 19.1 Å². The van der Waals surface area contributed by atoms with E-state index in [0.29, 0.717) is 6.04 Å². The highest BCUT2D eigenvalue weighted by molar-refractivity contribution is 5.29. The smallest absolute Gasteiger partial charge is 0.0171 e. The molecule has 2 heteroatoms. The van der Waals surface area contributed by atoms with Crippen molar-refractivity contribution in [3.63, 3.8) is 0 Å². The molecule has 0 unspecified atom stereocenters. The first kappa shape index (κ1) is 5.45. The lowest BCUT2D eigenvalue weighted by Crippen LogP contribution is -2.21. The molecule has 2 nitrogen and oxygen atoms in total. The maximum atomic E-state index is 5.76. The third-order valence-electron chi connectivity index (χ3n) is 2.19. The molecule has 0 radical (unpaired) electrons. The van der Waals surface area contributed by atoms with E-state index in [9.17, 15) is 0 Å². The largest absolute Gasteiger partial charge is 0.327 e. The molecule has 0 saturated carbocycles. The zero-order valence-electron chi connectivity index (χ0n) is 5.48. The SMILES string of the molecule is NC1CC2=C(CNC2)C1. The van der Waals surface area contributed by atoms with E-state index in [1.165, 1.54) is 0 Å². The maximum absolute atomic E-state index is 5.76. The van der Waals surface area contributed by atoms with Gasteiger partial charge < -0.3 is 11.1 Å². The third kappa shape index (κ3) is 0.787. The second-order valence-electron chi connectivity index (χ2n) is 2.98. The Labute approximate surface area is 55.1 Å². The highest BCUT2D eigenvalue weighted by Crippen LogP contribution is 2.27. The number of hydrogen-bond donors (Lipinski definition) is 2. The van der Waals surface area contributed by atoms with Crippen molar-refractivity contribution in [2.75, 3.05) is 13.1 Å². The Kier molecular flexibility index (Phi) is 1.10. The predicted molar refractivity (Wildman–Crippen MR) is 37.1 cm³/mol. The summed E-state index contributed by atoms with van der Waals surface area (Å²) in [6.07, 6.45) is 2.28. The molecule has 1 aliphatic heterocycles. The number of nitrogens with one attached hydrogen (secondary N) is 1. The van der Waals surface area contributed by atoms with E-state index in [-0.39, 0.29) is 0 Å². The lowest BCUT2D eigenvalue weighted by atomic mass is 10.2. The molecule has 2 aliphatic rings. The van der Waals surface area contributed by atoms with E-state index < -0.39 is 0 Å². The van der Waals surface area contributed by atoms with Crippen LogP contribution in [0.2, 0.25) is 0 Å². The van der Waals surface area contributed by atoms with Gasteiger partial charge in [-0.15, -0.1) is 0 Å². The quantitative estimate of drug-likeness (QED) is 0.446. The van der Waals surface area contributed by atoms with Crippen molar-refractivity contribution >= 4 is 0 Å². The molecule has 0 atom stereocenters. The lowest BCUT2D eigenvalue weighted by Gasteiger charge is -2.03. The molecule has 0 bridgehead atoms. The Morgan fingerprint density at radius 1 is 1.22 bits per heavy atom. The molecule has 9 heavy (non-hydrogen) atoms. The fourth-order valence-corrected chi connectivity index (χ4v) is 1.75. The summed E-state index contributed by atoms with van der Waals surface area (Å²) in [5, 5.41) is 3.32. The van der Waals surface area contributed by atoms with Gasteiger partial charge in [-0.2, -0.15) is 0 Å². The van der Waals surface area contributed by atoms with Crippen molar-refractivity contribution in [1.29, 1.82) is 0 Å². The van der Waals surface area contributed by atoms with E-state index >= 15 is 0 Å². The Bertz CT molecular complexity index is 144. The van der Waals surface area contributed by atoms with Gasteiger partial charge in [0.25, 0.3) is 0 Å². The number of hydrogen-bond acceptors (Lipinski definition) is 2. The van der Waals surface area contributed by atoms with Gasteiger partial charge in [0.15, 0.2) is 0 Å². The summed E-state index contributed by atoms with van der Waals surface area (Å²) in [6, 6.07) is 0.442. The van der Waals surface area contributed by atoms with Crippen LogP contribution in [0.15, 0.2) is 11.1 Å². The van der Waals surface area contributed by atoms with Crippen molar-refractivity contribution in [1.82, 2.24) is 5.32 Å². The Morgan fingerprint density at radius 3 is 2.33 bits per heavy atom. The first-order valence-electron chi connectivity index (χ1n) is 3.52. The Hall–Kier alpha value is -0.340. The molecule has 1 heterocycles. The molecule has 0 saturated heterocycles. The van der Waals surface area contributed by atoms with Crippen LogP contribution in [0.25, 0.3) is 0 Å². The second kappa shape index (κ2) is 1.82. The summed E-state index contributed by atoms with van der Waals surface area (Å²) in [7, 11) is 0. The summed E-state index contributed by atoms with van der Waals surface area (Å²) in [4.78, 5) is 0. The van der Waals surface area contributed by atoms with E-state index in [1.807, 2.05) is 0 Å². The molecular weight excluding hydrogens is 112 g/mol. The van der Waals surface area contributed by atoms with Crippen LogP contribution in [0, 0.1) is 0 Å². The first-order valence-corrected chi connectivity index (χ1v) is 3.52.